The van der Waals surface area contributed by atoms with Crippen molar-refractivity contribution in [2.45, 2.75) is 6.92 Å². The van der Waals surface area contributed by atoms with Gasteiger partial charge in [-0.15, -0.1) is 0 Å². The number of nitriles is 1. The minimum atomic E-state index is 0.615. The fourth-order valence-electron chi connectivity index (χ4n) is 6.28. The van der Waals surface area contributed by atoms with Crippen LogP contribution in [0.2, 0.25) is 0 Å². The van der Waals surface area contributed by atoms with Crippen molar-refractivity contribution in [2.24, 2.45) is 0 Å². The van der Waals surface area contributed by atoms with Gasteiger partial charge in [-0.3, -0.25) is 0 Å². The highest BCUT2D eigenvalue weighted by Crippen LogP contribution is 2.41. The molecule has 0 atom stereocenters. The van der Waals surface area contributed by atoms with E-state index in [4.69, 9.17) is 8.83 Å². The van der Waals surface area contributed by atoms with Crippen molar-refractivity contribution in [2.75, 3.05) is 0 Å². The molecule has 8 rings (SSSR count). The van der Waals surface area contributed by atoms with Crippen molar-refractivity contribution in [1.82, 2.24) is 4.57 Å². The first-order valence-electron chi connectivity index (χ1n) is 13.9. The van der Waals surface area contributed by atoms with Gasteiger partial charge in [-0.05, 0) is 61.0 Å². The molecule has 0 aliphatic carbocycles. The normalized spacial score (nSPS) is 11.9. The molecule has 0 radical (unpaired) electrons. The van der Waals surface area contributed by atoms with Crippen LogP contribution in [0.15, 0.2) is 125 Å². The summed E-state index contributed by atoms with van der Waals surface area (Å²) >= 11 is 0. The molecular weight excluding hydrogens is 516 g/mol. The number of aryl methyl sites for hydroxylation is 1. The first-order chi connectivity index (χ1) is 20.7. The van der Waals surface area contributed by atoms with Crippen LogP contribution in [0.4, 0.5) is 0 Å². The highest BCUT2D eigenvalue weighted by Gasteiger charge is 2.21. The third-order valence-electron chi connectivity index (χ3n) is 8.23. The minimum absolute atomic E-state index is 0.615. The van der Waals surface area contributed by atoms with Gasteiger partial charge >= 0.3 is 0 Å². The topological polar surface area (TPSA) is 55.0 Å². The molecular formula is C38H24N2O2. The second kappa shape index (κ2) is 9.12. The zero-order valence-corrected chi connectivity index (χ0v) is 22.9. The first kappa shape index (κ1) is 24.0. The van der Waals surface area contributed by atoms with E-state index in [2.05, 4.69) is 90.9 Å². The Kier molecular flexibility index (Phi) is 5.22. The number of benzene rings is 5. The third kappa shape index (κ3) is 3.34. The Morgan fingerprint density at radius 1 is 0.738 bits per heavy atom. The van der Waals surface area contributed by atoms with Crippen LogP contribution in [-0.2, 0) is 0 Å². The van der Waals surface area contributed by atoms with Crippen LogP contribution < -0.4 is 0 Å². The predicted molar refractivity (Wildman–Crippen MR) is 172 cm³/mol. The molecule has 42 heavy (non-hydrogen) atoms. The van der Waals surface area contributed by atoms with E-state index in [1.807, 2.05) is 42.5 Å². The van der Waals surface area contributed by atoms with E-state index in [1.54, 1.807) is 6.08 Å². The summed E-state index contributed by atoms with van der Waals surface area (Å²) in [4.78, 5) is 0. The third-order valence-corrected chi connectivity index (χ3v) is 8.23. The average molecular weight is 541 g/mol. The second-order valence-electron chi connectivity index (χ2n) is 10.5. The highest BCUT2D eigenvalue weighted by molar-refractivity contribution is 6.15. The van der Waals surface area contributed by atoms with E-state index >= 15 is 0 Å². The Morgan fingerprint density at radius 3 is 2.19 bits per heavy atom. The molecule has 0 saturated carbocycles. The van der Waals surface area contributed by atoms with Gasteiger partial charge in [-0.2, -0.15) is 5.26 Å². The van der Waals surface area contributed by atoms with Crippen molar-refractivity contribution in [3.63, 3.8) is 0 Å². The molecule has 0 amide bonds. The summed E-state index contributed by atoms with van der Waals surface area (Å²) in [6, 6.07) is 35.6. The zero-order chi connectivity index (χ0) is 28.4. The smallest absolute Gasteiger partial charge is 0.178 e. The summed E-state index contributed by atoms with van der Waals surface area (Å²) in [5.74, 6) is 0.794. The van der Waals surface area contributed by atoms with E-state index in [9.17, 15) is 5.26 Å². The molecule has 0 saturated heterocycles. The SMILES string of the molecule is C=C/C=C\c1oc2c(ccc3c4cc(-c5cccc(C#N)c5-n5c6ccccc6c6ccccc65)ccc4oc32)c1C. The molecule has 0 fully saturated rings. The molecule has 198 valence electrons. The van der Waals surface area contributed by atoms with E-state index < -0.39 is 0 Å². The molecule has 0 spiro atoms. The van der Waals surface area contributed by atoms with Crippen LogP contribution in [-0.4, -0.2) is 4.57 Å². The maximum atomic E-state index is 10.3. The standard InChI is InChI=1S/C38H24N2O2/c1-3-4-16-34-23(2)26-18-19-30-31-21-24(17-20-35(31)42-38(30)37(26)41-34)27-13-9-10-25(22-39)36(27)40-32-14-7-5-11-28(32)29-12-6-8-15-33(29)40/h3-21H,1H2,2H3/b16-4-. The molecule has 0 aliphatic heterocycles. The summed E-state index contributed by atoms with van der Waals surface area (Å²) < 4.78 is 14.9. The molecule has 0 aliphatic rings. The molecule has 5 aromatic carbocycles. The van der Waals surface area contributed by atoms with Gasteiger partial charge in [0.1, 0.15) is 17.4 Å². The van der Waals surface area contributed by atoms with Crippen LogP contribution in [0, 0.1) is 18.3 Å². The number of hydrogen-bond donors (Lipinski definition) is 0. The monoisotopic (exact) mass is 540 g/mol. The highest BCUT2D eigenvalue weighted by atomic mass is 16.4. The van der Waals surface area contributed by atoms with Gasteiger partial charge in [0.15, 0.2) is 11.2 Å². The summed E-state index contributed by atoms with van der Waals surface area (Å²) in [5, 5.41) is 15.6. The number of aromatic nitrogens is 1. The van der Waals surface area contributed by atoms with E-state index in [0.29, 0.717) is 5.56 Å². The first-order valence-corrected chi connectivity index (χ1v) is 13.9. The number of fused-ring (bicyclic) bond motifs is 8. The van der Waals surface area contributed by atoms with Gasteiger partial charge in [0.2, 0.25) is 0 Å². The predicted octanol–water partition coefficient (Wildman–Crippen LogP) is 10.5. The lowest BCUT2D eigenvalue weighted by molar-refractivity contribution is 0.588. The van der Waals surface area contributed by atoms with Crippen molar-refractivity contribution < 1.29 is 8.83 Å². The quantitative estimate of drug-likeness (QED) is 0.209. The van der Waals surface area contributed by atoms with Gasteiger partial charge < -0.3 is 13.4 Å². The van der Waals surface area contributed by atoms with Gasteiger partial charge in [-0.25, -0.2) is 0 Å². The Bertz CT molecular complexity index is 2400. The Balaban J connectivity index is 1.40. The van der Waals surface area contributed by atoms with Crippen molar-refractivity contribution in [3.8, 4) is 22.9 Å². The maximum Gasteiger partial charge on any atom is 0.178 e. The lowest BCUT2D eigenvalue weighted by Gasteiger charge is -2.16. The van der Waals surface area contributed by atoms with Crippen LogP contribution >= 0.6 is 0 Å². The van der Waals surface area contributed by atoms with Gasteiger partial charge in [0.25, 0.3) is 0 Å². The van der Waals surface area contributed by atoms with Crippen molar-refractivity contribution >= 4 is 60.8 Å². The Morgan fingerprint density at radius 2 is 1.45 bits per heavy atom. The molecule has 0 bridgehead atoms. The summed E-state index contributed by atoms with van der Waals surface area (Å²) in [7, 11) is 0. The fourth-order valence-corrected chi connectivity index (χ4v) is 6.28. The van der Waals surface area contributed by atoms with Gasteiger partial charge in [0.05, 0.1) is 22.3 Å². The number of allylic oxidation sites excluding steroid dienone is 2. The number of nitrogens with zero attached hydrogens (tertiary/aromatic N) is 2. The summed E-state index contributed by atoms with van der Waals surface area (Å²) in [5.41, 5.74) is 8.91. The van der Waals surface area contributed by atoms with E-state index in [1.165, 1.54) is 0 Å². The van der Waals surface area contributed by atoms with E-state index in [0.717, 1.165) is 82.9 Å². The number of rotatable bonds is 4. The molecule has 4 nitrogen and oxygen atoms in total. The summed E-state index contributed by atoms with van der Waals surface area (Å²) in [6.07, 6.45) is 5.53. The van der Waals surface area contributed by atoms with Crippen LogP contribution in [0.5, 0.6) is 0 Å². The van der Waals surface area contributed by atoms with Crippen molar-refractivity contribution in [1.29, 1.82) is 5.26 Å². The number of furan rings is 2. The summed E-state index contributed by atoms with van der Waals surface area (Å²) in [6.45, 7) is 5.82. The van der Waals surface area contributed by atoms with Crippen LogP contribution in [0.3, 0.4) is 0 Å². The minimum Gasteiger partial charge on any atom is -0.452 e. The molecule has 4 heteroatoms. The van der Waals surface area contributed by atoms with Gasteiger partial charge in [0, 0.05) is 38.1 Å². The number of para-hydroxylation sites is 3. The second-order valence-corrected chi connectivity index (χ2v) is 10.5. The maximum absolute atomic E-state index is 10.3. The zero-order valence-electron chi connectivity index (χ0n) is 22.9. The molecule has 0 N–H and O–H groups in total. The lowest BCUT2D eigenvalue weighted by atomic mass is 9.98. The van der Waals surface area contributed by atoms with Crippen LogP contribution in [0.25, 0.3) is 77.6 Å². The van der Waals surface area contributed by atoms with Crippen molar-refractivity contribution in [3.05, 3.63) is 133 Å². The lowest BCUT2D eigenvalue weighted by Crippen LogP contribution is -2.00. The molecule has 3 aromatic heterocycles. The molecule has 0 unspecified atom stereocenters. The number of hydrogen-bond acceptors (Lipinski definition) is 3. The Labute approximate surface area is 241 Å². The largest absolute Gasteiger partial charge is 0.452 e. The van der Waals surface area contributed by atoms with Gasteiger partial charge in [-0.1, -0.05) is 73.3 Å². The van der Waals surface area contributed by atoms with Crippen LogP contribution in [0.1, 0.15) is 16.9 Å². The molecule has 8 aromatic rings. The van der Waals surface area contributed by atoms with E-state index in [-0.39, 0.29) is 0 Å². The molecule has 3 heterocycles. The average Bonchev–Trinajstić information content (AvgIpc) is 3.68. The Hall–Kier alpha value is -5.79. The fraction of sp³-hybridized carbons (Fsp3) is 0.0263.